The Bertz CT molecular complexity index is 794. The molecule has 0 amide bonds. The van der Waals surface area contributed by atoms with Crippen LogP contribution in [0.1, 0.15) is 116 Å². The van der Waals surface area contributed by atoms with Crippen molar-refractivity contribution in [2.75, 3.05) is 0 Å². The lowest BCUT2D eigenvalue weighted by atomic mass is 9.80. The van der Waals surface area contributed by atoms with Gasteiger partial charge in [0, 0.05) is 5.56 Å². The molecule has 2 nitrogen and oxygen atoms in total. The van der Waals surface area contributed by atoms with Gasteiger partial charge in [-0.25, -0.2) is 0 Å². The van der Waals surface area contributed by atoms with Crippen molar-refractivity contribution in [1.82, 2.24) is 0 Å². The van der Waals surface area contributed by atoms with Gasteiger partial charge in [0.05, 0.1) is 5.92 Å². The zero-order chi connectivity index (χ0) is 24.0. The molecule has 3 rings (SSSR count). The van der Waals surface area contributed by atoms with Gasteiger partial charge < -0.3 is 4.74 Å². The van der Waals surface area contributed by atoms with Crippen LogP contribution in [0.5, 0.6) is 5.75 Å². The summed E-state index contributed by atoms with van der Waals surface area (Å²) in [4.78, 5) is 12.6. The van der Waals surface area contributed by atoms with Crippen LogP contribution in [-0.2, 0) is 4.79 Å². The van der Waals surface area contributed by atoms with E-state index in [1.165, 1.54) is 83.5 Å². The topological polar surface area (TPSA) is 26.3 Å². The smallest absolute Gasteiger partial charge is 0.314 e. The van der Waals surface area contributed by atoms with E-state index in [0.717, 1.165) is 30.2 Å². The molecule has 0 heterocycles. The molecule has 34 heavy (non-hydrogen) atoms. The lowest BCUT2D eigenvalue weighted by molar-refractivity contribution is -0.140. The number of carbonyl (C=O) groups excluding carboxylic acids is 1. The molecule has 2 aliphatic carbocycles. The number of ether oxygens (including phenoxy) is 1. The average Bonchev–Trinajstić information content (AvgIpc) is 2.87. The highest BCUT2D eigenvalue weighted by molar-refractivity contribution is 5.75. The third-order valence-electron chi connectivity index (χ3n) is 7.99. The minimum Gasteiger partial charge on any atom is -0.426 e. The van der Waals surface area contributed by atoms with Crippen LogP contribution in [0.4, 0.5) is 0 Å². The first-order valence-electron chi connectivity index (χ1n) is 14.2. The standard InChI is InChI=1S/C32H46O2/c1-3-5-7-11-28-18-22-30(23-19-28)32(33)34-31-24-20-29(21-25-31)13-9-8-12-27-16-14-26(15-17-27)10-6-4-2/h8,12,20-21,24-28,30H,3-7,10-11,14-19,22-23H2,1-2H3. The van der Waals surface area contributed by atoms with Crippen molar-refractivity contribution in [2.45, 2.75) is 110 Å². The highest BCUT2D eigenvalue weighted by Gasteiger charge is 2.27. The van der Waals surface area contributed by atoms with Crippen molar-refractivity contribution in [1.29, 1.82) is 0 Å². The molecule has 186 valence electrons. The van der Waals surface area contributed by atoms with Crippen molar-refractivity contribution in [2.24, 2.45) is 23.7 Å². The van der Waals surface area contributed by atoms with Crippen molar-refractivity contribution in [3.8, 4) is 17.6 Å². The molecule has 2 heteroatoms. The van der Waals surface area contributed by atoms with Crippen LogP contribution < -0.4 is 4.74 Å². The number of hydrogen-bond acceptors (Lipinski definition) is 2. The SMILES string of the molecule is CCCCCC1CCC(C(=O)Oc2ccc(C#CC=CC3CCC(CCCC)CC3)cc2)CC1. The Labute approximate surface area is 208 Å². The van der Waals surface area contributed by atoms with E-state index in [4.69, 9.17) is 4.74 Å². The monoisotopic (exact) mass is 462 g/mol. The van der Waals surface area contributed by atoms with Crippen molar-refractivity contribution in [3.05, 3.63) is 42.0 Å². The first kappa shape index (κ1) is 26.6. The number of allylic oxidation sites excluding steroid dienone is 2. The van der Waals surface area contributed by atoms with E-state index in [9.17, 15) is 4.79 Å². The third-order valence-corrected chi connectivity index (χ3v) is 7.99. The molecule has 0 saturated heterocycles. The Morgan fingerprint density at radius 3 is 2.12 bits per heavy atom. The molecule has 1 aromatic carbocycles. The third kappa shape index (κ3) is 9.32. The number of rotatable bonds is 10. The van der Waals surface area contributed by atoms with Crippen LogP contribution in [-0.4, -0.2) is 5.97 Å². The zero-order valence-corrected chi connectivity index (χ0v) is 21.7. The van der Waals surface area contributed by atoms with Gasteiger partial charge in [0.25, 0.3) is 0 Å². The number of esters is 1. The molecule has 0 aliphatic heterocycles. The first-order valence-corrected chi connectivity index (χ1v) is 14.2. The maximum Gasteiger partial charge on any atom is 0.314 e. The second-order valence-electron chi connectivity index (χ2n) is 10.7. The van der Waals surface area contributed by atoms with Gasteiger partial charge in [0.2, 0.25) is 0 Å². The van der Waals surface area contributed by atoms with Crippen LogP contribution in [0.15, 0.2) is 36.4 Å². The number of unbranched alkanes of at least 4 members (excludes halogenated alkanes) is 3. The highest BCUT2D eigenvalue weighted by Crippen LogP contribution is 2.33. The predicted octanol–water partition coefficient (Wildman–Crippen LogP) is 8.88. The fraction of sp³-hybridized carbons (Fsp3) is 0.656. The Morgan fingerprint density at radius 2 is 1.47 bits per heavy atom. The van der Waals surface area contributed by atoms with Gasteiger partial charge in [-0.2, -0.15) is 0 Å². The summed E-state index contributed by atoms with van der Waals surface area (Å²) < 4.78 is 5.68. The summed E-state index contributed by atoms with van der Waals surface area (Å²) in [5, 5.41) is 0. The quantitative estimate of drug-likeness (QED) is 0.150. The Morgan fingerprint density at radius 1 is 0.853 bits per heavy atom. The van der Waals surface area contributed by atoms with Crippen LogP contribution in [0, 0.1) is 35.5 Å². The van der Waals surface area contributed by atoms with E-state index in [1.807, 2.05) is 30.3 Å². The molecule has 2 aliphatic rings. The highest BCUT2D eigenvalue weighted by atomic mass is 16.5. The summed E-state index contributed by atoms with van der Waals surface area (Å²) in [7, 11) is 0. The lowest BCUT2D eigenvalue weighted by Crippen LogP contribution is -2.25. The van der Waals surface area contributed by atoms with Gasteiger partial charge in [-0.15, -0.1) is 0 Å². The lowest BCUT2D eigenvalue weighted by Gasteiger charge is -2.27. The summed E-state index contributed by atoms with van der Waals surface area (Å²) in [6.45, 7) is 4.54. The molecule has 0 spiro atoms. The van der Waals surface area contributed by atoms with Crippen LogP contribution >= 0.6 is 0 Å². The van der Waals surface area contributed by atoms with Crippen LogP contribution in [0.25, 0.3) is 0 Å². The zero-order valence-electron chi connectivity index (χ0n) is 21.7. The maximum absolute atomic E-state index is 12.6. The Kier molecular flexibility index (Phi) is 11.8. The largest absolute Gasteiger partial charge is 0.426 e. The number of carbonyl (C=O) groups is 1. The Balaban J connectivity index is 1.37. The first-order chi connectivity index (χ1) is 16.7. The van der Waals surface area contributed by atoms with Gasteiger partial charge in [-0.05, 0) is 99.5 Å². The van der Waals surface area contributed by atoms with Gasteiger partial charge >= 0.3 is 5.97 Å². The van der Waals surface area contributed by atoms with Crippen molar-refractivity contribution < 1.29 is 9.53 Å². The molecule has 0 unspecified atom stereocenters. The molecule has 2 saturated carbocycles. The summed E-state index contributed by atoms with van der Waals surface area (Å²) >= 11 is 0. The Hall–Kier alpha value is -2.01. The maximum atomic E-state index is 12.6. The van der Waals surface area contributed by atoms with E-state index in [0.29, 0.717) is 11.7 Å². The summed E-state index contributed by atoms with van der Waals surface area (Å²) in [5.74, 6) is 9.50. The van der Waals surface area contributed by atoms with Gasteiger partial charge in [-0.1, -0.05) is 76.7 Å². The second kappa shape index (κ2) is 15.1. The summed E-state index contributed by atoms with van der Waals surface area (Å²) in [5.41, 5.74) is 0.959. The molecular formula is C32H46O2. The minimum atomic E-state index is -0.0572. The normalized spacial score (nSPS) is 25.0. The molecule has 0 bridgehead atoms. The van der Waals surface area contributed by atoms with Crippen LogP contribution in [0.2, 0.25) is 0 Å². The molecule has 1 aromatic rings. The number of hydrogen-bond donors (Lipinski definition) is 0. The van der Waals surface area contributed by atoms with Crippen molar-refractivity contribution in [3.63, 3.8) is 0 Å². The molecule has 0 radical (unpaired) electrons. The number of benzene rings is 1. The fourth-order valence-electron chi connectivity index (χ4n) is 5.65. The van der Waals surface area contributed by atoms with Crippen molar-refractivity contribution >= 4 is 5.97 Å². The van der Waals surface area contributed by atoms with Gasteiger partial charge in [0.15, 0.2) is 0 Å². The average molecular weight is 463 g/mol. The predicted molar refractivity (Wildman–Crippen MR) is 143 cm³/mol. The van der Waals surface area contributed by atoms with E-state index < -0.39 is 0 Å². The molecule has 0 N–H and O–H groups in total. The fourth-order valence-corrected chi connectivity index (χ4v) is 5.65. The molecular weight excluding hydrogens is 416 g/mol. The van der Waals surface area contributed by atoms with E-state index >= 15 is 0 Å². The summed E-state index contributed by atoms with van der Waals surface area (Å²) in [6.07, 6.45) is 23.4. The van der Waals surface area contributed by atoms with E-state index in [-0.39, 0.29) is 11.9 Å². The van der Waals surface area contributed by atoms with E-state index in [2.05, 4.69) is 31.8 Å². The molecule has 2 fully saturated rings. The molecule has 0 atom stereocenters. The molecule has 0 aromatic heterocycles. The summed E-state index contributed by atoms with van der Waals surface area (Å²) in [6, 6.07) is 7.65. The van der Waals surface area contributed by atoms with Gasteiger partial charge in [0.1, 0.15) is 5.75 Å². The minimum absolute atomic E-state index is 0.0572. The second-order valence-corrected chi connectivity index (χ2v) is 10.7. The van der Waals surface area contributed by atoms with Gasteiger partial charge in [-0.3, -0.25) is 4.79 Å². The van der Waals surface area contributed by atoms with E-state index in [1.54, 1.807) is 0 Å². The van der Waals surface area contributed by atoms with Crippen LogP contribution in [0.3, 0.4) is 0 Å².